The van der Waals surface area contributed by atoms with Gasteiger partial charge in [-0.05, 0) is 55.0 Å². The molecule has 1 amide bonds. The van der Waals surface area contributed by atoms with Crippen LogP contribution in [0, 0.1) is 12.7 Å². The summed E-state index contributed by atoms with van der Waals surface area (Å²) in [7, 11) is -2.17. The Morgan fingerprint density at radius 2 is 1.74 bits per heavy atom. The summed E-state index contributed by atoms with van der Waals surface area (Å²) >= 11 is 0. The van der Waals surface area contributed by atoms with Gasteiger partial charge in [-0.2, -0.15) is 4.31 Å². The van der Waals surface area contributed by atoms with Crippen molar-refractivity contribution in [1.29, 1.82) is 0 Å². The molecule has 3 aromatic carbocycles. The molecule has 0 bridgehead atoms. The number of nitrogens with zero attached hydrogens (tertiary/aromatic N) is 3. The van der Waals surface area contributed by atoms with Crippen LogP contribution in [-0.4, -0.2) is 35.8 Å². The second kappa shape index (κ2) is 9.16. The fourth-order valence-electron chi connectivity index (χ4n) is 3.38. The Morgan fingerprint density at radius 3 is 2.41 bits per heavy atom. The molecule has 0 radical (unpaired) electrons. The molecule has 0 saturated carbocycles. The summed E-state index contributed by atoms with van der Waals surface area (Å²) in [5.41, 5.74) is 2.28. The van der Waals surface area contributed by atoms with Crippen LogP contribution in [0.15, 0.2) is 81.9 Å². The molecule has 0 aliphatic carbocycles. The van der Waals surface area contributed by atoms with Crippen LogP contribution < -0.4 is 0 Å². The lowest BCUT2D eigenvalue weighted by Crippen LogP contribution is -2.26. The van der Waals surface area contributed by atoms with Crippen LogP contribution >= 0.6 is 0 Å². The first kappa shape index (κ1) is 23.3. The molecule has 34 heavy (non-hydrogen) atoms. The molecule has 0 saturated heterocycles. The van der Waals surface area contributed by atoms with E-state index < -0.39 is 21.7 Å². The molecule has 8 nitrogen and oxygen atoms in total. The van der Waals surface area contributed by atoms with E-state index in [9.17, 15) is 22.7 Å². The van der Waals surface area contributed by atoms with Gasteiger partial charge in [0.05, 0.1) is 10.4 Å². The van der Waals surface area contributed by atoms with Gasteiger partial charge in [0.15, 0.2) is 5.69 Å². The van der Waals surface area contributed by atoms with E-state index in [2.05, 4.69) is 15.2 Å². The highest BCUT2D eigenvalue weighted by Gasteiger charge is 2.21. The summed E-state index contributed by atoms with van der Waals surface area (Å²) in [6.07, 6.45) is 0. The summed E-state index contributed by atoms with van der Waals surface area (Å²) in [6, 6.07) is 16.7. The maximum absolute atomic E-state index is 13.5. The summed E-state index contributed by atoms with van der Waals surface area (Å²) in [6.45, 7) is 1.99. The number of sulfonamides is 1. The van der Waals surface area contributed by atoms with Crippen molar-refractivity contribution < 1.29 is 22.7 Å². The highest BCUT2D eigenvalue weighted by atomic mass is 32.2. The van der Waals surface area contributed by atoms with E-state index >= 15 is 0 Å². The Kier molecular flexibility index (Phi) is 6.27. The molecular weight excluding hydrogens is 459 g/mol. The average Bonchev–Trinajstić information content (AvgIpc) is 3.12. The predicted molar refractivity (Wildman–Crippen MR) is 125 cm³/mol. The van der Waals surface area contributed by atoms with E-state index in [4.69, 9.17) is 0 Å². The minimum absolute atomic E-state index is 0.0394. The van der Waals surface area contributed by atoms with Crippen LogP contribution in [0.5, 0.6) is 5.88 Å². The van der Waals surface area contributed by atoms with Gasteiger partial charge in [0.2, 0.25) is 15.9 Å². The number of aromatic nitrogens is 1. The van der Waals surface area contributed by atoms with E-state index in [0.717, 1.165) is 5.56 Å². The number of H-pyrrole nitrogens is 1. The average molecular weight is 481 g/mol. The van der Waals surface area contributed by atoms with Gasteiger partial charge >= 0.3 is 0 Å². The monoisotopic (exact) mass is 480 g/mol. The van der Waals surface area contributed by atoms with Crippen molar-refractivity contribution in [2.45, 2.75) is 18.4 Å². The van der Waals surface area contributed by atoms with Crippen molar-refractivity contribution in [3.8, 4) is 5.88 Å². The molecule has 10 heteroatoms. The normalized spacial score (nSPS) is 12.1. The minimum atomic E-state index is -3.66. The number of fused-ring (bicyclic) bond motifs is 1. The topological polar surface area (TPSA) is 115 Å². The number of aryl methyl sites for hydroxylation is 1. The van der Waals surface area contributed by atoms with Crippen molar-refractivity contribution in [3.05, 3.63) is 89.2 Å². The fraction of sp³-hybridized carbons (Fsp3) is 0.125. The maximum Gasteiger partial charge on any atom is 0.295 e. The summed E-state index contributed by atoms with van der Waals surface area (Å²) in [5, 5.41) is 17.7. The lowest BCUT2D eigenvalue weighted by Gasteiger charge is -2.17. The fourth-order valence-corrected chi connectivity index (χ4v) is 4.53. The molecule has 174 valence electrons. The Labute approximate surface area is 195 Å². The van der Waals surface area contributed by atoms with Gasteiger partial charge in [-0.25, -0.2) is 12.8 Å². The molecule has 0 unspecified atom stereocenters. The molecule has 2 N–H and O–H groups in total. The number of aromatic hydroxyl groups is 1. The Morgan fingerprint density at radius 1 is 1.06 bits per heavy atom. The van der Waals surface area contributed by atoms with Crippen LogP contribution in [-0.2, 0) is 16.6 Å². The van der Waals surface area contributed by atoms with Gasteiger partial charge in [0.1, 0.15) is 5.82 Å². The van der Waals surface area contributed by atoms with Gasteiger partial charge < -0.3 is 10.1 Å². The Hall–Kier alpha value is -3.89. The number of aromatic amines is 1. The molecule has 0 aliphatic rings. The van der Waals surface area contributed by atoms with Crippen LogP contribution in [0.1, 0.15) is 21.5 Å². The molecule has 4 rings (SSSR count). The van der Waals surface area contributed by atoms with Crippen LogP contribution in [0.2, 0.25) is 0 Å². The number of hydrogen-bond acceptors (Lipinski definition) is 5. The van der Waals surface area contributed by atoms with Crippen molar-refractivity contribution in [1.82, 2.24) is 9.29 Å². The lowest BCUT2D eigenvalue weighted by molar-refractivity contribution is 0.0995. The van der Waals surface area contributed by atoms with Gasteiger partial charge in [-0.15, -0.1) is 10.2 Å². The Bertz CT molecular complexity index is 1490. The molecule has 1 heterocycles. The number of nitrogens with one attached hydrogen (secondary N) is 1. The van der Waals surface area contributed by atoms with Crippen LogP contribution in [0.3, 0.4) is 0 Å². The number of rotatable bonds is 6. The molecule has 0 spiro atoms. The zero-order valence-electron chi connectivity index (χ0n) is 18.4. The molecule has 1 aromatic heterocycles. The first-order valence-electron chi connectivity index (χ1n) is 10.2. The number of azo groups is 1. The molecule has 0 atom stereocenters. The Balaban J connectivity index is 1.47. The highest BCUT2D eigenvalue weighted by Crippen LogP contribution is 2.35. The molecule has 0 fully saturated rings. The van der Waals surface area contributed by atoms with Crippen LogP contribution in [0.25, 0.3) is 10.9 Å². The number of amides is 1. The number of benzene rings is 3. The van der Waals surface area contributed by atoms with Gasteiger partial charge in [0, 0.05) is 24.5 Å². The van der Waals surface area contributed by atoms with E-state index in [-0.39, 0.29) is 28.6 Å². The van der Waals surface area contributed by atoms with E-state index in [1.807, 2.05) is 6.92 Å². The SMILES string of the molecule is Cc1ccc(S(=O)(=O)N(C)Cc2ccc(C(=O)N=Nc3c(O)[nH]c4ccc(F)cc34)cc2)cc1. The molecule has 4 aromatic rings. The standard InChI is InChI=1S/C24H21FN4O4S/c1-15-3-10-19(11-4-15)34(32,33)29(2)14-16-5-7-17(8-6-16)23(30)28-27-22-20-13-18(25)9-12-21(20)26-24(22)31/h3-13,26,31H,14H2,1-2H3. The largest absolute Gasteiger partial charge is 0.493 e. The van der Waals surface area contributed by atoms with E-state index in [1.54, 1.807) is 36.4 Å². The van der Waals surface area contributed by atoms with Crippen molar-refractivity contribution >= 4 is 32.5 Å². The summed E-state index contributed by atoms with van der Waals surface area (Å²) < 4.78 is 40.3. The first-order valence-corrected chi connectivity index (χ1v) is 11.7. The summed E-state index contributed by atoms with van der Waals surface area (Å²) in [5.74, 6) is -1.51. The van der Waals surface area contributed by atoms with E-state index in [1.165, 1.54) is 41.7 Å². The smallest absolute Gasteiger partial charge is 0.295 e. The predicted octanol–water partition coefficient (Wildman–Crippen LogP) is 5.07. The lowest BCUT2D eigenvalue weighted by atomic mass is 10.1. The second-order valence-electron chi connectivity index (χ2n) is 7.79. The quantitative estimate of drug-likeness (QED) is 0.375. The van der Waals surface area contributed by atoms with Gasteiger partial charge in [-0.1, -0.05) is 29.8 Å². The number of hydrogen-bond donors (Lipinski definition) is 2. The summed E-state index contributed by atoms with van der Waals surface area (Å²) in [4.78, 5) is 15.3. The number of carbonyl (C=O) groups is 1. The highest BCUT2D eigenvalue weighted by molar-refractivity contribution is 7.89. The first-order chi connectivity index (χ1) is 16.1. The minimum Gasteiger partial charge on any atom is -0.493 e. The maximum atomic E-state index is 13.5. The van der Waals surface area contributed by atoms with Crippen molar-refractivity contribution in [2.75, 3.05) is 7.05 Å². The third kappa shape index (κ3) is 4.73. The van der Waals surface area contributed by atoms with Gasteiger partial charge in [-0.3, -0.25) is 4.79 Å². The van der Waals surface area contributed by atoms with Crippen LogP contribution in [0.4, 0.5) is 10.1 Å². The van der Waals surface area contributed by atoms with Crippen molar-refractivity contribution in [2.24, 2.45) is 10.2 Å². The second-order valence-corrected chi connectivity index (χ2v) is 9.83. The molecular formula is C24H21FN4O4S. The molecule has 0 aliphatic heterocycles. The zero-order valence-corrected chi connectivity index (χ0v) is 19.2. The third-order valence-corrected chi connectivity index (χ3v) is 7.11. The zero-order chi connectivity index (χ0) is 24.5. The van der Waals surface area contributed by atoms with E-state index in [0.29, 0.717) is 16.5 Å². The number of halogens is 1. The third-order valence-electron chi connectivity index (χ3n) is 5.29. The van der Waals surface area contributed by atoms with Gasteiger partial charge in [0.25, 0.3) is 5.91 Å². The number of carbonyl (C=O) groups excluding carboxylic acids is 1. The van der Waals surface area contributed by atoms with Crippen molar-refractivity contribution in [3.63, 3.8) is 0 Å².